The van der Waals surface area contributed by atoms with E-state index in [1.165, 1.54) is 18.3 Å². The van der Waals surface area contributed by atoms with Crippen LogP contribution in [0.2, 0.25) is 0 Å². The van der Waals surface area contributed by atoms with Crippen molar-refractivity contribution in [1.29, 1.82) is 0 Å². The molecule has 1 aromatic heterocycles. The first kappa shape index (κ1) is 17.4. The Labute approximate surface area is 152 Å². The predicted octanol–water partition coefficient (Wildman–Crippen LogP) is 3.89. The monoisotopic (exact) mass is 381 g/mol. The van der Waals surface area contributed by atoms with Gasteiger partial charge in [0.15, 0.2) is 0 Å². The number of hydrazone groups is 1. The van der Waals surface area contributed by atoms with Crippen molar-refractivity contribution < 1.29 is 14.1 Å². The van der Waals surface area contributed by atoms with E-state index >= 15 is 0 Å². The maximum atomic E-state index is 12.0. The van der Waals surface area contributed by atoms with Crippen LogP contribution in [0.3, 0.4) is 0 Å². The molecule has 1 fully saturated rings. The fourth-order valence-corrected chi connectivity index (χ4v) is 2.98. The van der Waals surface area contributed by atoms with Gasteiger partial charge in [-0.05, 0) is 25.5 Å². The van der Waals surface area contributed by atoms with E-state index in [0.717, 1.165) is 0 Å². The fraction of sp³-hybridized carbons (Fsp3) is 0.250. The van der Waals surface area contributed by atoms with Crippen molar-refractivity contribution >= 4 is 41.0 Å². The normalized spacial score (nSPS) is 21.2. The third-order valence-electron chi connectivity index (χ3n) is 4.09. The van der Waals surface area contributed by atoms with Crippen LogP contribution in [-0.2, 0) is 4.79 Å². The number of carbonyl (C=O) groups is 1. The van der Waals surface area contributed by atoms with Crippen LogP contribution in [0.4, 0.5) is 5.69 Å². The molecule has 1 atom stereocenters. The van der Waals surface area contributed by atoms with Gasteiger partial charge in [0.05, 0.1) is 16.6 Å². The average Bonchev–Trinajstić information content (AvgIpc) is 2.90. The topological polar surface area (TPSA) is 97.7 Å². The van der Waals surface area contributed by atoms with Gasteiger partial charge in [-0.3, -0.25) is 14.9 Å². The number of nitro groups is 1. The summed E-state index contributed by atoms with van der Waals surface area (Å²) in [6, 6.07) is 9.38. The van der Waals surface area contributed by atoms with Gasteiger partial charge in [-0.15, -0.1) is 23.2 Å². The molecule has 2 aromatic rings. The van der Waals surface area contributed by atoms with Crippen molar-refractivity contribution in [3.63, 3.8) is 0 Å². The van der Waals surface area contributed by atoms with E-state index in [1.54, 1.807) is 31.2 Å². The quantitative estimate of drug-likeness (QED) is 0.367. The van der Waals surface area contributed by atoms with E-state index in [4.69, 9.17) is 27.6 Å². The Bertz CT molecular complexity index is 878. The Kier molecular flexibility index (Phi) is 4.30. The molecule has 1 heterocycles. The molecule has 1 aromatic carbocycles. The minimum atomic E-state index is -1.06. The van der Waals surface area contributed by atoms with Crippen LogP contribution in [0.25, 0.3) is 11.3 Å². The van der Waals surface area contributed by atoms with Gasteiger partial charge in [0.2, 0.25) is 5.91 Å². The van der Waals surface area contributed by atoms with Gasteiger partial charge in [0.1, 0.15) is 15.9 Å². The molecule has 1 aliphatic carbocycles. The molecule has 1 saturated carbocycles. The van der Waals surface area contributed by atoms with Crippen molar-refractivity contribution in [3.8, 4) is 11.3 Å². The van der Waals surface area contributed by atoms with Gasteiger partial charge in [0.25, 0.3) is 5.69 Å². The van der Waals surface area contributed by atoms with Gasteiger partial charge in [-0.2, -0.15) is 5.10 Å². The van der Waals surface area contributed by atoms with Crippen LogP contribution in [0.15, 0.2) is 45.9 Å². The average molecular weight is 382 g/mol. The third kappa shape index (κ3) is 3.38. The smallest absolute Gasteiger partial charge is 0.270 e. The second-order valence-electron chi connectivity index (χ2n) is 5.92. The van der Waals surface area contributed by atoms with E-state index in [9.17, 15) is 14.9 Å². The lowest BCUT2D eigenvalue weighted by Crippen LogP contribution is -2.29. The minimum absolute atomic E-state index is 0.0281. The molecular weight excluding hydrogens is 369 g/mol. The highest BCUT2D eigenvalue weighted by atomic mass is 35.5. The summed E-state index contributed by atoms with van der Waals surface area (Å²) in [6.07, 6.45) is 1.69. The number of hydrogen-bond donors (Lipinski definition) is 1. The Hall–Kier alpha value is -2.38. The summed E-state index contributed by atoms with van der Waals surface area (Å²) >= 11 is 11.9. The lowest BCUT2D eigenvalue weighted by Gasteiger charge is -2.08. The second-order valence-corrected chi connectivity index (χ2v) is 7.41. The largest absolute Gasteiger partial charge is 0.455 e. The number of furan rings is 1. The summed E-state index contributed by atoms with van der Waals surface area (Å²) in [6.45, 7) is 1.66. The maximum Gasteiger partial charge on any atom is 0.270 e. The van der Waals surface area contributed by atoms with Crippen LogP contribution < -0.4 is 5.43 Å². The van der Waals surface area contributed by atoms with Crippen molar-refractivity contribution in [2.75, 3.05) is 0 Å². The second kappa shape index (κ2) is 6.16. The molecule has 130 valence electrons. The lowest BCUT2D eigenvalue weighted by atomic mass is 10.1. The van der Waals surface area contributed by atoms with Crippen molar-refractivity contribution in [2.45, 2.75) is 17.7 Å². The zero-order valence-electron chi connectivity index (χ0n) is 13.0. The molecule has 0 bridgehead atoms. The number of rotatable bonds is 5. The highest BCUT2D eigenvalue weighted by Gasteiger charge is 2.68. The predicted molar refractivity (Wildman–Crippen MR) is 93.7 cm³/mol. The summed E-state index contributed by atoms with van der Waals surface area (Å²) in [4.78, 5) is 22.3. The molecule has 1 amide bonds. The molecule has 0 radical (unpaired) electrons. The lowest BCUT2D eigenvalue weighted by molar-refractivity contribution is -0.384. The van der Waals surface area contributed by atoms with E-state index in [2.05, 4.69) is 10.5 Å². The molecule has 25 heavy (non-hydrogen) atoms. The molecule has 9 heteroatoms. The van der Waals surface area contributed by atoms with Crippen LogP contribution in [0, 0.1) is 15.5 Å². The zero-order valence-corrected chi connectivity index (χ0v) is 14.5. The van der Waals surface area contributed by atoms with E-state index in [1.807, 2.05) is 0 Å². The first-order chi connectivity index (χ1) is 11.7. The number of nitrogens with one attached hydrogen (secondary N) is 1. The van der Waals surface area contributed by atoms with Crippen molar-refractivity contribution in [2.24, 2.45) is 10.5 Å². The number of carbonyl (C=O) groups excluding carboxylic acids is 1. The molecular formula is C16H13Cl2N3O4. The first-order valence-electron chi connectivity index (χ1n) is 7.29. The van der Waals surface area contributed by atoms with Gasteiger partial charge in [0, 0.05) is 17.7 Å². The van der Waals surface area contributed by atoms with E-state index < -0.39 is 14.7 Å². The number of nitro benzene ring substituents is 1. The first-order valence-corrected chi connectivity index (χ1v) is 8.04. The highest BCUT2D eigenvalue weighted by Crippen LogP contribution is 2.63. The molecule has 0 unspecified atom stereocenters. The fourth-order valence-electron chi connectivity index (χ4n) is 2.27. The van der Waals surface area contributed by atoms with Gasteiger partial charge in [-0.1, -0.05) is 12.1 Å². The molecule has 7 nitrogen and oxygen atoms in total. The zero-order chi connectivity index (χ0) is 18.2. The highest BCUT2D eigenvalue weighted by molar-refractivity contribution is 6.53. The van der Waals surface area contributed by atoms with E-state index in [0.29, 0.717) is 23.5 Å². The van der Waals surface area contributed by atoms with Crippen LogP contribution in [0.1, 0.15) is 19.1 Å². The summed E-state index contributed by atoms with van der Waals surface area (Å²) in [5.74, 6) is 0.455. The Morgan fingerprint density at radius 2 is 2.12 bits per heavy atom. The standard InChI is InChI=1S/C16H13Cl2N3O4/c1-15(9-16(15,17)18)14(22)20-19-8-12-5-6-13(25-12)10-3-2-4-11(7-10)21(23)24/h2-8H,9H2,1H3,(H,20,22)/t15-/m1/s1. The number of non-ortho nitro benzene ring substituents is 1. The molecule has 1 N–H and O–H groups in total. The molecule has 0 spiro atoms. The van der Waals surface area contributed by atoms with Crippen LogP contribution in [0.5, 0.6) is 0 Å². The number of halogens is 2. The Morgan fingerprint density at radius 3 is 2.76 bits per heavy atom. The van der Waals surface area contributed by atoms with Crippen molar-refractivity contribution in [1.82, 2.24) is 5.43 Å². The molecule has 0 saturated heterocycles. The number of amides is 1. The summed E-state index contributed by atoms with van der Waals surface area (Å²) in [5, 5.41) is 14.6. The van der Waals surface area contributed by atoms with E-state index in [-0.39, 0.29) is 11.6 Å². The van der Waals surface area contributed by atoms with Crippen LogP contribution in [-0.4, -0.2) is 21.4 Å². The molecule has 3 rings (SSSR count). The maximum absolute atomic E-state index is 12.0. The SMILES string of the molecule is C[C@]1(C(=O)NN=Cc2ccc(-c3cccc([N+](=O)[O-])c3)o2)CC1(Cl)Cl. The molecule has 1 aliphatic rings. The summed E-state index contributed by atoms with van der Waals surface area (Å²) in [5.41, 5.74) is 2.06. The number of hydrogen-bond acceptors (Lipinski definition) is 5. The number of benzene rings is 1. The Balaban J connectivity index is 1.67. The number of alkyl halides is 2. The summed E-state index contributed by atoms with van der Waals surface area (Å²) in [7, 11) is 0. The van der Waals surface area contributed by atoms with Gasteiger partial charge < -0.3 is 4.42 Å². The number of nitrogens with zero attached hydrogens (tertiary/aromatic N) is 2. The third-order valence-corrected chi connectivity index (χ3v) is 5.19. The summed E-state index contributed by atoms with van der Waals surface area (Å²) < 4.78 is 4.49. The van der Waals surface area contributed by atoms with Gasteiger partial charge in [-0.25, -0.2) is 5.43 Å². The van der Waals surface area contributed by atoms with Gasteiger partial charge >= 0.3 is 0 Å². The van der Waals surface area contributed by atoms with Crippen molar-refractivity contribution in [3.05, 3.63) is 52.3 Å². The molecule has 0 aliphatic heterocycles. The van der Waals surface area contributed by atoms with Crippen LogP contribution >= 0.6 is 23.2 Å². The minimum Gasteiger partial charge on any atom is -0.455 e. The Morgan fingerprint density at radius 1 is 1.40 bits per heavy atom.